The van der Waals surface area contributed by atoms with E-state index < -0.39 is 0 Å². The zero-order valence-corrected chi connectivity index (χ0v) is 12.2. The molecule has 0 bridgehead atoms. The van der Waals surface area contributed by atoms with Crippen molar-refractivity contribution in [2.24, 2.45) is 7.05 Å². The number of hydrogen-bond donors (Lipinski definition) is 0. The number of hydrogen-bond acceptors (Lipinski definition) is 4. The molecular formula is C15H18N4O2. The second-order valence-electron chi connectivity index (χ2n) is 5.10. The summed E-state index contributed by atoms with van der Waals surface area (Å²) in [7, 11) is 3.51. The first-order chi connectivity index (χ1) is 10.2. The monoisotopic (exact) mass is 286 g/mol. The number of amides is 1. The number of carbonyl (C=O) groups excluding carboxylic acids is 1. The van der Waals surface area contributed by atoms with E-state index in [0.717, 1.165) is 24.1 Å². The van der Waals surface area contributed by atoms with Gasteiger partial charge in [0.25, 0.3) is 5.91 Å². The number of fused-ring (bicyclic) bond motifs is 1. The van der Waals surface area contributed by atoms with Crippen LogP contribution in [0, 0.1) is 0 Å². The van der Waals surface area contributed by atoms with Crippen molar-refractivity contribution >= 4 is 5.91 Å². The van der Waals surface area contributed by atoms with Crippen molar-refractivity contribution in [3.8, 4) is 5.88 Å². The van der Waals surface area contributed by atoms with Crippen LogP contribution in [-0.2, 0) is 20.0 Å². The van der Waals surface area contributed by atoms with Crippen LogP contribution in [0.2, 0.25) is 0 Å². The minimum atomic E-state index is -0.0383. The molecule has 0 atom stereocenters. The molecule has 0 spiro atoms. The number of ether oxygens (including phenoxy) is 1. The molecule has 6 nitrogen and oxygen atoms in total. The Bertz CT molecular complexity index is 651. The summed E-state index contributed by atoms with van der Waals surface area (Å²) in [5.74, 6) is 0.628. The van der Waals surface area contributed by atoms with Crippen molar-refractivity contribution in [2.45, 2.75) is 19.4 Å². The molecule has 0 radical (unpaired) electrons. The maximum absolute atomic E-state index is 12.6. The highest BCUT2D eigenvalue weighted by molar-refractivity contribution is 5.92. The molecule has 3 rings (SSSR count). The number of nitrogens with zero attached hydrogens (tertiary/aromatic N) is 4. The Balaban J connectivity index is 1.89. The van der Waals surface area contributed by atoms with Gasteiger partial charge in [-0.25, -0.2) is 0 Å². The van der Waals surface area contributed by atoms with Crippen LogP contribution in [0.15, 0.2) is 24.4 Å². The van der Waals surface area contributed by atoms with Crippen molar-refractivity contribution in [3.63, 3.8) is 0 Å². The van der Waals surface area contributed by atoms with E-state index in [1.54, 1.807) is 24.1 Å². The highest BCUT2D eigenvalue weighted by Crippen LogP contribution is 2.27. The zero-order valence-electron chi connectivity index (χ0n) is 12.2. The molecule has 1 amide bonds. The van der Waals surface area contributed by atoms with Crippen LogP contribution >= 0.6 is 0 Å². The first kappa shape index (κ1) is 13.6. The Morgan fingerprint density at radius 2 is 2.24 bits per heavy atom. The number of aromatic nitrogens is 3. The molecule has 1 aliphatic rings. The Morgan fingerprint density at radius 1 is 1.38 bits per heavy atom. The van der Waals surface area contributed by atoms with Gasteiger partial charge < -0.3 is 9.64 Å². The van der Waals surface area contributed by atoms with Gasteiger partial charge in [-0.05, 0) is 25.0 Å². The summed E-state index contributed by atoms with van der Waals surface area (Å²) in [5, 5.41) is 4.36. The molecule has 2 aromatic rings. The summed E-state index contributed by atoms with van der Waals surface area (Å²) in [6.45, 7) is 1.25. The van der Waals surface area contributed by atoms with E-state index >= 15 is 0 Å². The second-order valence-corrected chi connectivity index (χ2v) is 5.10. The highest BCUT2D eigenvalue weighted by Gasteiger charge is 2.26. The average molecular weight is 286 g/mol. The van der Waals surface area contributed by atoms with Gasteiger partial charge in [0.05, 0.1) is 19.3 Å². The maximum Gasteiger partial charge on any atom is 0.272 e. The molecule has 3 heterocycles. The topological polar surface area (TPSA) is 60.2 Å². The lowest BCUT2D eigenvalue weighted by atomic mass is 10.1. The normalized spacial score (nSPS) is 14.5. The summed E-state index contributed by atoms with van der Waals surface area (Å²) in [4.78, 5) is 18.5. The smallest absolute Gasteiger partial charge is 0.272 e. The Morgan fingerprint density at radius 3 is 2.95 bits per heavy atom. The Kier molecular flexibility index (Phi) is 3.60. The van der Waals surface area contributed by atoms with Crippen LogP contribution in [0.1, 0.15) is 28.2 Å². The van der Waals surface area contributed by atoms with Gasteiger partial charge in [0, 0.05) is 25.4 Å². The van der Waals surface area contributed by atoms with Gasteiger partial charge in [0.2, 0.25) is 5.88 Å². The molecule has 21 heavy (non-hydrogen) atoms. The van der Waals surface area contributed by atoms with Crippen molar-refractivity contribution in [3.05, 3.63) is 41.3 Å². The molecule has 0 aliphatic carbocycles. The predicted molar refractivity (Wildman–Crippen MR) is 77.1 cm³/mol. The molecule has 110 valence electrons. The molecule has 0 unspecified atom stereocenters. The summed E-state index contributed by atoms with van der Waals surface area (Å²) < 4.78 is 7.13. The largest absolute Gasteiger partial charge is 0.480 e. The van der Waals surface area contributed by atoms with E-state index in [1.165, 1.54) is 0 Å². The lowest BCUT2D eigenvalue weighted by Gasteiger charge is -2.20. The number of pyridine rings is 1. The first-order valence-electron chi connectivity index (χ1n) is 6.99. The third-order valence-electron chi connectivity index (χ3n) is 3.80. The van der Waals surface area contributed by atoms with E-state index in [4.69, 9.17) is 4.74 Å². The van der Waals surface area contributed by atoms with Crippen LogP contribution in [-0.4, -0.2) is 39.2 Å². The molecule has 6 heteroatoms. The molecule has 1 aliphatic heterocycles. The Hall–Kier alpha value is -2.37. The number of methoxy groups -OCH3 is 1. The summed E-state index contributed by atoms with van der Waals surface area (Å²) in [6, 6.07) is 5.39. The van der Waals surface area contributed by atoms with Crippen LogP contribution in [0.3, 0.4) is 0 Å². The minimum Gasteiger partial charge on any atom is -0.480 e. The third-order valence-corrected chi connectivity index (χ3v) is 3.80. The van der Waals surface area contributed by atoms with Gasteiger partial charge in [0.15, 0.2) is 0 Å². The van der Waals surface area contributed by atoms with Gasteiger partial charge >= 0.3 is 0 Å². The summed E-state index contributed by atoms with van der Waals surface area (Å²) >= 11 is 0. The second kappa shape index (κ2) is 5.55. The molecule has 0 saturated carbocycles. The van der Waals surface area contributed by atoms with Crippen molar-refractivity contribution < 1.29 is 9.53 Å². The quantitative estimate of drug-likeness (QED) is 0.837. The average Bonchev–Trinajstić information content (AvgIpc) is 2.70. The van der Waals surface area contributed by atoms with Crippen molar-refractivity contribution in [1.29, 1.82) is 0 Å². The predicted octanol–water partition coefficient (Wildman–Crippen LogP) is 1.41. The van der Waals surface area contributed by atoms with E-state index in [-0.39, 0.29) is 5.91 Å². The minimum absolute atomic E-state index is 0.0383. The zero-order chi connectivity index (χ0) is 14.8. The summed E-state index contributed by atoms with van der Waals surface area (Å²) in [5.41, 5.74) is 2.63. The summed E-state index contributed by atoms with van der Waals surface area (Å²) in [6.07, 6.45) is 3.41. The first-order valence-corrected chi connectivity index (χ1v) is 6.99. The molecule has 0 aromatic carbocycles. The molecule has 2 aromatic heterocycles. The molecule has 0 N–H and O–H groups in total. The van der Waals surface area contributed by atoms with Crippen LogP contribution in [0.5, 0.6) is 5.88 Å². The van der Waals surface area contributed by atoms with Crippen molar-refractivity contribution in [1.82, 2.24) is 19.7 Å². The van der Waals surface area contributed by atoms with Gasteiger partial charge in [-0.2, -0.15) is 0 Å². The fourth-order valence-corrected chi connectivity index (χ4v) is 2.72. The number of aryl methyl sites for hydroxylation is 1. The van der Waals surface area contributed by atoms with Crippen LogP contribution in [0.25, 0.3) is 0 Å². The van der Waals surface area contributed by atoms with E-state index in [2.05, 4.69) is 10.1 Å². The van der Waals surface area contributed by atoms with E-state index in [9.17, 15) is 4.79 Å². The number of rotatable bonds is 2. The maximum atomic E-state index is 12.6. The van der Waals surface area contributed by atoms with Gasteiger partial charge in [-0.15, -0.1) is 5.10 Å². The lowest BCUT2D eigenvalue weighted by Crippen LogP contribution is -2.32. The van der Waals surface area contributed by atoms with Crippen LogP contribution in [0.4, 0.5) is 0 Å². The number of carbonyl (C=O) groups is 1. The van der Waals surface area contributed by atoms with Gasteiger partial charge in [-0.3, -0.25) is 14.5 Å². The third kappa shape index (κ3) is 2.49. The molecule has 0 saturated heterocycles. The fraction of sp³-hybridized carbons (Fsp3) is 0.400. The SMILES string of the molecule is COc1nn(C)c2c1CCCN(C(=O)c1ccccn1)C2. The lowest BCUT2D eigenvalue weighted by molar-refractivity contribution is 0.0736. The van der Waals surface area contributed by atoms with Gasteiger partial charge in [-0.1, -0.05) is 6.07 Å². The Labute approximate surface area is 123 Å². The van der Waals surface area contributed by atoms with E-state index in [1.807, 2.05) is 24.1 Å². The fourth-order valence-electron chi connectivity index (χ4n) is 2.72. The van der Waals surface area contributed by atoms with E-state index in [0.29, 0.717) is 24.7 Å². The van der Waals surface area contributed by atoms with Crippen LogP contribution < -0.4 is 4.74 Å². The molecular weight excluding hydrogens is 268 g/mol. The standard InChI is InChI=1S/C15H18N4O2/c1-18-13-10-19(15(20)12-7-3-4-8-16-12)9-5-6-11(13)14(17-18)21-2/h3-4,7-8H,5-6,9-10H2,1-2H3. The van der Waals surface area contributed by atoms with Crippen molar-refractivity contribution in [2.75, 3.05) is 13.7 Å². The molecule has 0 fully saturated rings. The highest BCUT2D eigenvalue weighted by atomic mass is 16.5. The van der Waals surface area contributed by atoms with Gasteiger partial charge in [0.1, 0.15) is 5.69 Å².